The number of hydrogen-bond acceptors (Lipinski definition) is 5. The molecule has 0 spiro atoms. The summed E-state index contributed by atoms with van der Waals surface area (Å²) in [5.74, 6) is -0.878. The number of rotatable bonds is 5. The first-order valence-corrected chi connectivity index (χ1v) is 6.13. The van der Waals surface area contributed by atoms with Crippen LogP contribution in [-0.4, -0.2) is 40.3 Å². The normalized spacial score (nSPS) is 19.1. The highest BCUT2D eigenvalue weighted by Gasteiger charge is 2.29. The van der Waals surface area contributed by atoms with Gasteiger partial charge in [0.15, 0.2) is 5.69 Å². The van der Waals surface area contributed by atoms with Gasteiger partial charge in [0.2, 0.25) is 0 Å². The Morgan fingerprint density at radius 1 is 1.63 bits per heavy atom. The van der Waals surface area contributed by atoms with Crippen LogP contribution < -0.4 is 0 Å². The number of nitrogens with zero attached hydrogens (tertiary/aromatic N) is 3. The molecule has 8 heteroatoms. The van der Waals surface area contributed by atoms with E-state index in [9.17, 15) is 13.6 Å². The molecule has 0 saturated carbocycles. The molecule has 106 valence electrons. The molecule has 19 heavy (non-hydrogen) atoms. The van der Waals surface area contributed by atoms with Crippen molar-refractivity contribution in [2.75, 3.05) is 13.2 Å². The van der Waals surface area contributed by atoms with Crippen molar-refractivity contribution in [3.05, 3.63) is 11.4 Å². The van der Waals surface area contributed by atoms with E-state index in [1.165, 1.54) is 0 Å². The summed E-state index contributed by atoms with van der Waals surface area (Å²) in [6, 6.07) is 0. The summed E-state index contributed by atoms with van der Waals surface area (Å²) in [5, 5.41) is 7.11. The highest BCUT2D eigenvalue weighted by Crippen LogP contribution is 2.24. The van der Waals surface area contributed by atoms with Crippen LogP contribution >= 0.6 is 0 Å². The Hall–Kier alpha value is -1.57. The van der Waals surface area contributed by atoms with E-state index in [0.29, 0.717) is 6.61 Å². The third-order valence-corrected chi connectivity index (χ3v) is 2.85. The second kappa shape index (κ2) is 6.05. The zero-order valence-corrected chi connectivity index (χ0v) is 10.5. The fourth-order valence-electron chi connectivity index (χ4n) is 2.00. The maximum atomic E-state index is 13.0. The molecule has 0 aromatic carbocycles. The fourth-order valence-corrected chi connectivity index (χ4v) is 2.00. The molecule has 0 radical (unpaired) electrons. The van der Waals surface area contributed by atoms with E-state index >= 15 is 0 Å². The van der Waals surface area contributed by atoms with Crippen LogP contribution in [0.5, 0.6) is 0 Å². The van der Waals surface area contributed by atoms with Crippen LogP contribution in [0.2, 0.25) is 0 Å². The molecule has 2 heterocycles. The fraction of sp³-hybridized carbons (Fsp3) is 0.727. The van der Waals surface area contributed by atoms with Crippen molar-refractivity contribution in [3.63, 3.8) is 0 Å². The first-order valence-electron chi connectivity index (χ1n) is 6.13. The summed E-state index contributed by atoms with van der Waals surface area (Å²) in [4.78, 5) is 11.5. The molecule has 1 aromatic rings. The van der Waals surface area contributed by atoms with Gasteiger partial charge in [-0.1, -0.05) is 5.21 Å². The minimum Gasteiger partial charge on any atom is -0.461 e. The molecule has 2 rings (SSSR count). The smallest absolute Gasteiger partial charge is 0.361 e. The zero-order chi connectivity index (χ0) is 13.8. The molecule has 1 aliphatic rings. The lowest BCUT2D eigenvalue weighted by molar-refractivity contribution is 0.0503. The van der Waals surface area contributed by atoms with Crippen molar-refractivity contribution >= 4 is 5.97 Å². The maximum Gasteiger partial charge on any atom is 0.361 e. The molecular weight excluding hydrogens is 260 g/mol. The number of ether oxygens (including phenoxy) is 2. The summed E-state index contributed by atoms with van der Waals surface area (Å²) < 4.78 is 37.2. The monoisotopic (exact) mass is 275 g/mol. The van der Waals surface area contributed by atoms with Gasteiger partial charge in [0, 0.05) is 6.61 Å². The van der Waals surface area contributed by atoms with Crippen molar-refractivity contribution in [1.82, 2.24) is 15.0 Å². The minimum absolute atomic E-state index is 0.0973. The molecular formula is C11H15F2N3O3. The molecule has 1 atom stereocenters. The van der Waals surface area contributed by atoms with Crippen molar-refractivity contribution in [1.29, 1.82) is 0 Å². The number of hydrogen-bond donors (Lipinski definition) is 0. The number of carbonyl (C=O) groups excluding carboxylic acids is 1. The number of halogens is 2. The molecule has 1 aromatic heterocycles. The standard InChI is InChI=1S/C11H15F2N3O3/c1-2-18-11(17)8-9(10(12)13)16(15-14-8)6-7-4-3-5-19-7/h7,10H,2-6H2,1H3. The lowest BCUT2D eigenvalue weighted by Gasteiger charge is -2.11. The third-order valence-electron chi connectivity index (χ3n) is 2.85. The van der Waals surface area contributed by atoms with E-state index in [-0.39, 0.29) is 19.3 Å². The quantitative estimate of drug-likeness (QED) is 0.763. The van der Waals surface area contributed by atoms with E-state index in [1.807, 2.05) is 0 Å². The SMILES string of the molecule is CCOC(=O)c1nnn(CC2CCCO2)c1C(F)F. The van der Waals surface area contributed by atoms with Gasteiger partial charge in [0.05, 0.1) is 19.3 Å². The van der Waals surface area contributed by atoms with Gasteiger partial charge in [-0.05, 0) is 19.8 Å². The Kier molecular flexibility index (Phi) is 4.41. The Balaban J connectivity index is 2.20. The predicted octanol–water partition coefficient (Wildman–Crippen LogP) is 1.57. The third kappa shape index (κ3) is 3.06. The number of aromatic nitrogens is 3. The average Bonchev–Trinajstić information content (AvgIpc) is 2.99. The Bertz CT molecular complexity index is 444. The van der Waals surface area contributed by atoms with Gasteiger partial charge in [-0.2, -0.15) is 0 Å². The van der Waals surface area contributed by atoms with Crippen LogP contribution in [0.1, 0.15) is 42.4 Å². The van der Waals surface area contributed by atoms with Gasteiger partial charge in [0.1, 0.15) is 5.69 Å². The molecule has 1 aliphatic heterocycles. The highest BCUT2D eigenvalue weighted by molar-refractivity contribution is 5.88. The Morgan fingerprint density at radius 2 is 2.42 bits per heavy atom. The maximum absolute atomic E-state index is 13.0. The first kappa shape index (κ1) is 13.9. The summed E-state index contributed by atoms with van der Waals surface area (Å²) in [6.07, 6.45) is -1.31. The van der Waals surface area contributed by atoms with E-state index in [1.54, 1.807) is 6.92 Å². The van der Waals surface area contributed by atoms with E-state index in [2.05, 4.69) is 15.0 Å². The van der Waals surface area contributed by atoms with Crippen LogP contribution in [0.25, 0.3) is 0 Å². The van der Waals surface area contributed by atoms with Crippen molar-refractivity contribution in [2.45, 2.75) is 38.8 Å². The molecule has 0 N–H and O–H groups in total. The molecule has 1 fully saturated rings. The minimum atomic E-state index is -2.84. The Labute approximate surface area is 108 Å². The number of esters is 1. The van der Waals surface area contributed by atoms with E-state index < -0.39 is 23.8 Å². The lowest BCUT2D eigenvalue weighted by atomic mass is 10.2. The second-order valence-electron chi connectivity index (χ2n) is 4.16. The lowest BCUT2D eigenvalue weighted by Crippen LogP contribution is -2.19. The van der Waals surface area contributed by atoms with Gasteiger partial charge < -0.3 is 9.47 Å². The summed E-state index contributed by atoms with van der Waals surface area (Å²) in [7, 11) is 0. The van der Waals surface area contributed by atoms with Gasteiger partial charge in [-0.25, -0.2) is 18.3 Å². The average molecular weight is 275 g/mol. The molecule has 0 bridgehead atoms. The predicted molar refractivity (Wildman–Crippen MR) is 59.9 cm³/mol. The van der Waals surface area contributed by atoms with Crippen LogP contribution in [0, 0.1) is 0 Å². The molecule has 0 amide bonds. The molecule has 1 unspecified atom stereocenters. The van der Waals surface area contributed by atoms with Crippen molar-refractivity contribution < 1.29 is 23.0 Å². The Morgan fingerprint density at radius 3 is 3.00 bits per heavy atom. The highest BCUT2D eigenvalue weighted by atomic mass is 19.3. The summed E-state index contributed by atoms with van der Waals surface area (Å²) in [6.45, 7) is 2.48. The molecule has 0 aliphatic carbocycles. The van der Waals surface area contributed by atoms with Gasteiger partial charge in [0.25, 0.3) is 6.43 Å². The van der Waals surface area contributed by atoms with Gasteiger partial charge in [-0.15, -0.1) is 5.10 Å². The van der Waals surface area contributed by atoms with Crippen LogP contribution in [0.3, 0.4) is 0 Å². The molecule has 1 saturated heterocycles. The van der Waals surface area contributed by atoms with E-state index in [4.69, 9.17) is 4.74 Å². The topological polar surface area (TPSA) is 66.2 Å². The molecule has 6 nitrogen and oxygen atoms in total. The van der Waals surface area contributed by atoms with Crippen LogP contribution in [0.15, 0.2) is 0 Å². The summed E-state index contributed by atoms with van der Waals surface area (Å²) in [5.41, 5.74) is -0.927. The van der Waals surface area contributed by atoms with Crippen LogP contribution in [0.4, 0.5) is 8.78 Å². The second-order valence-corrected chi connectivity index (χ2v) is 4.16. The van der Waals surface area contributed by atoms with Gasteiger partial charge >= 0.3 is 5.97 Å². The zero-order valence-electron chi connectivity index (χ0n) is 10.5. The van der Waals surface area contributed by atoms with Gasteiger partial charge in [-0.3, -0.25) is 0 Å². The number of carbonyl (C=O) groups is 1. The van der Waals surface area contributed by atoms with E-state index in [0.717, 1.165) is 17.5 Å². The largest absolute Gasteiger partial charge is 0.461 e. The van der Waals surface area contributed by atoms with Crippen LogP contribution in [-0.2, 0) is 16.0 Å². The summed E-state index contributed by atoms with van der Waals surface area (Å²) >= 11 is 0. The van der Waals surface area contributed by atoms with Crippen molar-refractivity contribution in [3.8, 4) is 0 Å². The number of alkyl halides is 2. The van der Waals surface area contributed by atoms with Crippen molar-refractivity contribution in [2.24, 2.45) is 0 Å². The first-order chi connectivity index (χ1) is 9.13.